The zero-order chi connectivity index (χ0) is 20.9. The molecule has 0 unspecified atom stereocenters. The zero-order valence-corrected chi connectivity index (χ0v) is 18.2. The van der Waals surface area contributed by atoms with Crippen LogP contribution < -0.4 is 0 Å². The molecule has 1 aliphatic carbocycles. The molecule has 1 saturated heterocycles. The Kier molecular flexibility index (Phi) is 6.93. The maximum absolute atomic E-state index is 12.6. The van der Waals surface area contributed by atoms with Crippen molar-refractivity contribution in [3.8, 4) is 0 Å². The molecular formula is C23H35N3O3. The van der Waals surface area contributed by atoms with Gasteiger partial charge in [0, 0.05) is 25.7 Å². The summed E-state index contributed by atoms with van der Waals surface area (Å²) >= 11 is 0. The largest absolute Gasteiger partial charge is 0.466 e. The fraction of sp³-hybridized carbons (Fsp3) is 0.696. The number of amides is 1. The summed E-state index contributed by atoms with van der Waals surface area (Å²) in [7, 11) is 4.26. The first kappa shape index (κ1) is 21.8. The van der Waals surface area contributed by atoms with Crippen LogP contribution in [0.5, 0.6) is 0 Å². The summed E-state index contributed by atoms with van der Waals surface area (Å²) in [4.78, 5) is 33.4. The van der Waals surface area contributed by atoms with E-state index in [1.807, 2.05) is 17.2 Å². The van der Waals surface area contributed by atoms with Crippen molar-refractivity contribution in [1.82, 2.24) is 14.8 Å². The summed E-state index contributed by atoms with van der Waals surface area (Å²) in [6.45, 7) is 3.79. The van der Waals surface area contributed by atoms with Gasteiger partial charge >= 0.3 is 5.97 Å². The Bertz CT molecular complexity index is 697. The molecule has 1 amide bonds. The van der Waals surface area contributed by atoms with Gasteiger partial charge in [-0.3, -0.25) is 19.5 Å². The lowest BCUT2D eigenvalue weighted by atomic mass is 9.65. The number of esters is 1. The summed E-state index contributed by atoms with van der Waals surface area (Å²) in [5, 5.41) is 0. The van der Waals surface area contributed by atoms with Gasteiger partial charge in [-0.05, 0) is 63.7 Å². The number of carbonyl (C=O) groups excluding carboxylic acids is 2. The van der Waals surface area contributed by atoms with E-state index in [2.05, 4.69) is 43.0 Å². The second-order valence-electron chi connectivity index (χ2n) is 8.96. The number of aromatic nitrogens is 1. The number of pyridine rings is 1. The molecule has 1 aromatic rings. The molecule has 2 heterocycles. The summed E-state index contributed by atoms with van der Waals surface area (Å²) in [6.07, 6.45) is 8.66. The standard InChI is InChI=1S/C23H35N3O3/c1-4-5-16-29-21(28)9-15-26-18-22(17-20(26)27)10-12-23(13-11-22,25(2)3)19-8-6-7-14-24-19/h6-8,14H,4-5,9-13,15-18H2,1-3H3. The molecule has 0 aromatic carbocycles. The molecular weight excluding hydrogens is 366 g/mol. The lowest BCUT2D eigenvalue weighted by Crippen LogP contribution is -2.48. The third kappa shape index (κ3) is 4.80. The van der Waals surface area contributed by atoms with E-state index in [4.69, 9.17) is 4.74 Å². The van der Waals surface area contributed by atoms with Crippen LogP contribution in [0.2, 0.25) is 0 Å². The van der Waals surface area contributed by atoms with E-state index >= 15 is 0 Å². The molecule has 6 nitrogen and oxygen atoms in total. The van der Waals surface area contributed by atoms with Crippen LogP contribution in [0.25, 0.3) is 0 Å². The van der Waals surface area contributed by atoms with Crippen molar-refractivity contribution in [2.24, 2.45) is 5.41 Å². The first-order valence-electron chi connectivity index (χ1n) is 10.9. The van der Waals surface area contributed by atoms with Crippen molar-refractivity contribution in [2.75, 3.05) is 33.8 Å². The molecule has 0 bridgehead atoms. The molecule has 1 saturated carbocycles. The topological polar surface area (TPSA) is 62.7 Å². The molecule has 0 radical (unpaired) electrons. The van der Waals surface area contributed by atoms with Crippen molar-refractivity contribution >= 4 is 11.9 Å². The molecule has 0 atom stereocenters. The van der Waals surface area contributed by atoms with Crippen LogP contribution in [0.1, 0.15) is 64.0 Å². The third-order valence-corrected chi connectivity index (χ3v) is 6.89. The Hall–Kier alpha value is -1.95. The van der Waals surface area contributed by atoms with E-state index in [1.54, 1.807) is 0 Å². The summed E-state index contributed by atoms with van der Waals surface area (Å²) in [5.41, 5.74) is 1.10. The number of unbranched alkanes of at least 4 members (excludes halogenated alkanes) is 1. The summed E-state index contributed by atoms with van der Waals surface area (Å²) < 4.78 is 5.23. The van der Waals surface area contributed by atoms with Gasteiger partial charge in [0.2, 0.25) is 5.91 Å². The number of likely N-dealkylation sites (tertiary alicyclic amines) is 1. The van der Waals surface area contributed by atoms with Crippen molar-refractivity contribution < 1.29 is 14.3 Å². The highest BCUT2D eigenvalue weighted by Crippen LogP contribution is 2.51. The molecule has 2 fully saturated rings. The van der Waals surface area contributed by atoms with Gasteiger partial charge in [0.15, 0.2) is 0 Å². The first-order chi connectivity index (χ1) is 13.9. The smallest absolute Gasteiger partial charge is 0.307 e. The lowest BCUT2D eigenvalue weighted by molar-refractivity contribution is -0.144. The molecule has 3 rings (SSSR count). The number of hydrogen-bond acceptors (Lipinski definition) is 5. The second-order valence-corrected chi connectivity index (χ2v) is 8.96. The quantitative estimate of drug-likeness (QED) is 0.494. The monoisotopic (exact) mass is 401 g/mol. The van der Waals surface area contributed by atoms with Gasteiger partial charge in [-0.25, -0.2) is 0 Å². The van der Waals surface area contributed by atoms with Crippen molar-refractivity contribution in [3.05, 3.63) is 30.1 Å². The van der Waals surface area contributed by atoms with E-state index in [-0.39, 0.29) is 22.8 Å². The SMILES string of the molecule is CCCCOC(=O)CCN1CC2(CCC(c3ccccn3)(N(C)C)CC2)CC1=O. The summed E-state index contributed by atoms with van der Waals surface area (Å²) in [6, 6.07) is 6.13. The lowest BCUT2D eigenvalue weighted by Gasteiger charge is -2.48. The molecule has 1 aliphatic heterocycles. The third-order valence-electron chi connectivity index (χ3n) is 6.89. The number of hydrogen-bond donors (Lipinski definition) is 0. The highest BCUT2D eigenvalue weighted by molar-refractivity contribution is 5.80. The van der Waals surface area contributed by atoms with Crippen LogP contribution in [-0.4, -0.2) is 60.5 Å². The Morgan fingerprint density at radius 1 is 1.24 bits per heavy atom. The molecule has 1 aromatic heterocycles. The second kappa shape index (κ2) is 9.24. The van der Waals surface area contributed by atoms with Crippen molar-refractivity contribution in [2.45, 2.75) is 63.8 Å². The van der Waals surface area contributed by atoms with Crippen molar-refractivity contribution in [3.63, 3.8) is 0 Å². The first-order valence-corrected chi connectivity index (χ1v) is 10.9. The minimum atomic E-state index is -0.197. The van der Waals surface area contributed by atoms with Crippen LogP contribution in [0.3, 0.4) is 0 Å². The van der Waals surface area contributed by atoms with E-state index < -0.39 is 0 Å². The van der Waals surface area contributed by atoms with Crippen LogP contribution in [-0.2, 0) is 19.9 Å². The van der Waals surface area contributed by atoms with E-state index in [0.29, 0.717) is 26.0 Å². The van der Waals surface area contributed by atoms with Crippen LogP contribution in [0.4, 0.5) is 0 Å². The van der Waals surface area contributed by atoms with E-state index in [0.717, 1.165) is 50.8 Å². The summed E-state index contributed by atoms with van der Waals surface area (Å²) in [5.74, 6) is -0.0147. The molecule has 2 aliphatic rings. The van der Waals surface area contributed by atoms with Gasteiger partial charge in [-0.1, -0.05) is 19.4 Å². The Balaban J connectivity index is 1.58. The van der Waals surface area contributed by atoms with Crippen LogP contribution in [0, 0.1) is 5.41 Å². The minimum Gasteiger partial charge on any atom is -0.466 e. The number of ether oxygens (including phenoxy) is 1. The molecule has 0 N–H and O–H groups in total. The van der Waals surface area contributed by atoms with Crippen molar-refractivity contribution in [1.29, 1.82) is 0 Å². The van der Waals surface area contributed by atoms with E-state index in [1.165, 1.54) is 0 Å². The molecule has 29 heavy (non-hydrogen) atoms. The van der Waals surface area contributed by atoms with E-state index in [9.17, 15) is 9.59 Å². The highest BCUT2D eigenvalue weighted by atomic mass is 16.5. The predicted molar refractivity (Wildman–Crippen MR) is 112 cm³/mol. The average molecular weight is 402 g/mol. The van der Waals surface area contributed by atoms with Gasteiger partial charge in [0.1, 0.15) is 0 Å². The number of nitrogens with zero attached hydrogens (tertiary/aromatic N) is 3. The fourth-order valence-corrected chi connectivity index (χ4v) is 4.91. The fourth-order valence-electron chi connectivity index (χ4n) is 4.91. The number of carbonyl (C=O) groups is 2. The Labute approximate surface area is 174 Å². The predicted octanol–water partition coefficient (Wildman–Crippen LogP) is 3.36. The van der Waals surface area contributed by atoms with Crippen LogP contribution in [0.15, 0.2) is 24.4 Å². The van der Waals surface area contributed by atoms with Gasteiger partial charge in [0.05, 0.1) is 24.3 Å². The zero-order valence-electron chi connectivity index (χ0n) is 18.2. The maximum Gasteiger partial charge on any atom is 0.307 e. The van der Waals surface area contributed by atoms with Gasteiger partial charge in [-0.2, -0.15) is 0 Å². The van der Waals surface area contributed by atoms with Gasteiger partial charge in [-0.15, -0.1) is 0 Å². The Morgan fingerprint density at radius 2 is 2.00 bits per heavy atom. The normalized spacial score (nSPS) is 27.0. The van der Waals surface area contributed by atoms with Gasteiger partial charge in [0.25, 0.3) is 0 Å². The maximum atomic E-state index is 12.6. The highest BCUT2D eigenvalue weighted by Gasteiger charge is 2.50. The minimum absolute atomic E-state index is 0.0392. The number of rotatable bonds is 8. The molecule has 1 spiro atoms. The Morgan fingerprint density at radius 3 is 2.62 bits per heavy atom. The van der Waals surface area contributed by atoms with Crippen LogP contribution >= 0.6 is 0 Å². The van der Waals surface area contributed by atoms with Gasteiger partial charge < -0.3 is 9.64 Å². The molecule has 6 heteroatoms. The average Bonchev–Trinajstić information content (AvgIpc) is 3.03. The molecule has 160 valence electrons.